The lowest BCUT2D eigenvalue weighted by Gasteiger charge is -2.21. The summed E-state index contributed by atoms with van der Waals surface area (Å²) in [5.41, 5.74) is 6.41. The van der Waals surface area contributed by atoms with Gasteiger partial charge in [-0.2, -0.15) is 15.1 Å². The molecule has 3 N–H and O–H groups in total. The number of hydrogen-bond donors (Lipinski definition) is 2. The normalized spacial score (nSPS) is 15.6. The Bertz CT molecular complexity index is 515. The number of hydrogen-bond acceptors (Lipinski definition) is 5. The van der Waals surface area contributed by atoms with E-state index in [1.807, 2.05) is 0 Å². The van der Waals surface area contributed by atoms with Gasteiger partial charge in [0.1, 0.15) is 5.82 Å². The van der Waals surface area contributed by atoms with Gasteiger partial charge in [-0.1, -0.05) is 0 Å². The molecule has 0 unspecified atom stereocenters. The number of aromatic nitrogens is 4. The summed E-state index contributed by atoms with van der Waals surface area (Å²) in [5.74, 6) is 1.20. The third-order valence-corrected chi connectivity index (χ3v) is 2.91. The lowest BCUT2D eigenvalue weighted by molar-refractivity contribution is 0.812. The molecule has 16 heavy (non-hydrogen) atoms. The monoisotopic (exact) mass is 218 g/mol. The molecule has 1 aliphatic carbocycles. The Kier molecular flexibility index (Phi) is 1.95. The van der Waals surface area contributed by atoms with Gasteiger partial charge in [-0.15, -0.1) is 0 Å². The number of nitrogens with zero attached hydrogens (tertiary/aromatic N) is 4. The number of aromatic amines is 1. The summed E-state index contributed by atoms with van der Waals surface area (Å²) in [6.07, 6.45) is 4.23. The van der Waals surface area contributed by atoms with Gasteiger partial charge in [0.15, 0.2) is 5.65 Å². The second-order valence-electron chi connectivity index (χ2n) is 4.05. The van der Waals surface area contributed by atoms with Crippen LogP contribution in [0, 0.1) is 0 Å². The van der Waals surface area contributed by atoms with Crippen LogP contribution in [0.5, 0.6) is 0 Å². The average Bonchev–Trinajstić information content (AvgIpc) is 2.97. The molecule has 6 nitrogen and oxygen atoms in total. The van der Waals surface area contributed by atoms with Crippen molar-refractivity contribution in [1.82, 2.24) is 20.2 Å². The predicted molar refractivity (Wildman–Crippen MR) is 62.1 cm³/mol. The summed E-state index contributed by atoms with van der Waals surface area (Å²) >= 11 is 0. The molecule has 0 atom stereocenters. The van der Waals surface area contributed by atoms with Crippen LogP contribution in [-0.2, 0) is 0 Å². The Labute approximate surface area is 92.9 Å². The molecule has 1 fully saturated rings. The molecule has 0 amide bonds. The van der Waals surface area contributed by atoms with E-state index in [1.165, 1.54) is 12.8 Å². The van der Waals surface area contributed by atoms with Crippen molar-refractivity contribution in [3.8, 4) is 0 Å². The molecule has 0 spiro atoms. The molecule has 0 radical (unpaired) electrons. The van der Waals surface area contributed by atoms with Gasteiger partial charge in [0.05, 0.1) is 11.6 Å². The van der Waals surface area contributed by atoms with Crippen LogP contribution in [0.2, 0.25) is 0 Å². The lowest BCUT2D eigenvalue weighted by atomic mass is 10.3. The highest BCUT2D eigenvalue weighted by molar-refractivity contribution is 5.87. The zero-order chi connectivity index (χ0) is 11.1. The summed E-state index contributed by atoms with van der Waals surface area (Å²) in [6.45, 7) is 3.06. The summed E-state index contributed by atoms with van der Waals surface area (Å²) in [7, 11) is 0. The zero-order valence-corrected chi connectivity index (χ0v) is 9.14. The smallest absolute Gasteiger partial charge is 0.224 e. The minimum atomic E-state index is 0.297. The van der Waals surface area contributed by atoms with Crippen molar-refractivity contribution < 1.29 is 0 Å². The highest BCUT2D eigenvalue weighted by Crippen LogP contribution is 2.33. The van der Waals surface area contributed by atoms with Crippen molar-refractivity contribution in [2.45, 2.75) is 25.8 Å². The molecule has 0 aliphatic heterocycles. The third kappa shape index (κ3) is 1.37. The molecule has 0 aromatic carbocycles. The lowest BCUT2D eigenvalue weighted by Crippen LogP contribution is -2.26. The van der Waals surface area contributed by atoms with E-state index < -0.39 is 0 Å². The average molecular weight is 218 g/mol. The standard InChI is InChI=1S/C10H14N6/c1-2-16(6-3-4-6)9-7-5-12-15-8(7)13-10(11)14-9/h5-6H,2-4H2,1H3,(H3,11,12,13,14,15). The van der Waals surface area contributed by atoms with Crippen LogP contribution in [0.3, 0.4) is 0 Å². The highest BCUT2D eigenvalue weighted by atomic mass is 15.3. The molecule has 3 rings (SSSR count). The van der Waals surface area contributed by atoms with E-state index >= 15 is 0 Å². The van der Waals surface area contributed by atoms with Crippen molar-refractivity contribution in [1.29, 1.82) is 0 Å². The van der Waals surface area contributed by atoms with Gasteiger partial charge in [-0.3, -0.25) is 5.10 Å². The molecule has 2 aromatic heterocycles. The zero-order valence-electron chi connectivity index (χ0n) is 9.14. The molecule has 1 aliphatic rings. The second kappa shape index (κ2) is 3.33. The van der Waals surface area contributed by atoms with Crippen LogP contribution in [0.1, 0.15) is 19.8 Å². The van der Waals surface area contributed by atoms with Gasteiger partial charge < -0.3 is 10.6 Å². The maximum Gasteiger partial charge on any atom is 0.224 e. The number of nitrogen functional groups attached to an aromatic ring is 1. The largest absolute Gasteiger partial charge is 0.368 e. The number of H-pyrrole nitrogens is 1. The minimum Gasteiger partial charge on any atom is -0.368 e. The minimum absolute atomic E-state index is 0.297. The quantitative estimate of drug-likeness (QED) is 0.800. The van der Waals surface area contributed by atoms with Crippen molar-refractivity contribution in [2.24, 2.45) is 0 Å². The van der Waals surface area contributed by atoms with Crippen LogP contribution < -0.4 is 10.6 Å². The first-order valence-electron chi connectivity index (χ1n) is 5.53. The van der Waals surface area contributed by atoms with Gasteiger partial charge in [-0.25, -0.2) is 0 Å². The Balaban J connectivity index is 2.15. The maximum atomic E-state index is 5.70. The van der Waals surface area contributed by atoms with Gasteiger partial charge in [0, 0.05) is 12.6 Å². The number of anilines is 2. The number of nitrogens with two attached hydrogens (primary N) is 1. The van der Waals surface area contributed by atoms with E-state index in [-0.39, 0.29) is 0 Å². The Morgan fingerprint density at radius 2 is 2.31 bits per heavy atom. The summed E-state index contributed by atoms with van der Waals surface area (Å²) in [5, 5.41) is 7.77. The van der Waals surface area contributed by atoms with Gasteiger partial charge in [0.25, 0.3) is 0 Å². The Morgan fingerprint density at radius 1 is 1.50 bits per heavy atom. The molecular weight excluding hydrogens is 204 g/mol. The van der Waals surface area contributed by atoms with Crippen LogP contribution >= 0.6 is 0 Å². The third-order valence-electron chi connectivity index (χ3n) is 2.91. The fraction of sp³-hybridized carbons (Fsp3) is 0.500. The first kappa shape index (κ1) is 9.38. The van der Waals surface area contributed by atoms with Crippen LogP contribution in [-0.4, -0.2) is 32.8 Å². The van der Waals surface area contributed by atoms with Crippen molar-refractivity contribution in [3.05, 3.63) is 6.20 Å². The molecule has 6 heteroatoms. The molecule has 84 valence electrons. The van der Waals surface area contributed by atoms with E-state index in [1.54, 1.807) is 6.20 Å². The first-order valence-corrected chi connectivity index (χ1v) is 5.53. The van der Waals surface area contributed by atoms with Crippen molar-refractivity contribution >= 4 is 22.8 Å². The van der Waals surface area contributed by atoms with Crippen LogP contribution in [0.4, 0.5) is 11.8 Å². The fourth-order valence-corrected chi connectivity index (χ4v) is 2.02. The van der Waals surface area contributed by atoms with E-state index in [9.17, 15) is 0 Å². The van der Waals surface area contributed by atoms with Gasteiger partial charge in [-0.05, 0) is 19.8 Å². The SMILES string of the molecule is CCN(c1nc(N)nc2[nH]ncc12)C1CC1. The topological polar surface area (TPSA) is 83.7 Å². The van der Waals surface area contributed by atoms with Crippen LogP contribution in [0.25, 0.3) is 11.0 Å². The van der Waals surface area contributed by atoms with Gasteiger partial charge >= 0.3 is 0 Å². The number of fused-ring (bicyclic) bond motifs is 1. The Hall–Kier alpha value is -1.85. The fourth-order valence-electron chi connectivity index (χ4n) is 2.02. The van der Waals surface area contributed by atoms with E-state index in [0.717, 1.165) is 17.7 Å². The first-order chi connectivity index (χ1) is 7.79. The van der Waals surface area contributed by atoms with E-state index in [2.05, 4.69) is 32.0 Å². The summed E-state index contributed by atoms with van der Waals surface area (Å²) < 4.78 is 0. The molecule has 0 saturated heterocycles. The molecule has 2 heterocycles. The van der Waals surface area contributed by atoms with Crippen LogP contribution in [0.15, 0.2) is 6.20 Å². The number of nitrogens with one attached hydrogen (secondary N) is 1. The summed E-state index contributed by atoms with van der Waals surface area (Å²) in [6, 6.07) is 0.609. The molecule has 1 saturated carbocycles. The molecule has 0 bridgehead atoms. The summed E-state index contributed by atoms with van der Waals surface area (Å²) in [4.78, 5) is 10.7. The molecular formula is C10H14N6. The second-order valence-corrected chi connectivity index (χ2v) is 4.05. The molecule has 2 aromatic rings. The highest BCUT2D eigenvalue weighted by Gasteiger charge is 2.30. The van der Waals surface area contributed by atoms with Gasteiger partial charge in [0.2, 0.25) is 5.95 Å². The maximum absolute atomic E-state index is 5.70. The number of rotatable bonds is 3. The Morgan fingerprint density at radius 3 is 3.00 bits per heavy atom. The van der Waals surface area contributed by atoms with E-state index in [0.29, 0.717) is 17.6 Å². The predicted octanol–water partition coefficient (Wildman–Crippen LogP) is 0.924. The van der Waals surface area contributed by atoms with Crippen molar-refractivity contribution in [3.63, 3.8) is 0 Å². The van der Waals surface area contributed by atoms with E-state index in [4.69, 9.17) is 5.73 Å². The van der Waals surface area contributed by atoms with Crippen molar-refractivity contribution in [2.75, 3.05) is 17.2 Å².